The predicted octanol–water partition coefficient (Wildman–Crippen LogP) is 0.867. The Bertz CT molecular complexity index is 313. The summed E-state index contributed by atoms with van der Waals surface area (Å²) in [6.07, 6.45) is 8.37. The molecule has 4 heteroatoms. The summed E-state index contributed by atoms with van der Waals surface area (Å²) in [7, 11) is 0. The summed E-state index contributed by atoms with van der Waals surface area (Å²) < 4.78 is 0. The zero-order valence-electron chi connectivity index (χ0n) is 5.73. The van der Waals surface area contributed by atoms with E-state index in [0.717, 1.165) is 11.5 Å². The number of nitrogens with zero attached hydrogens (tertiary/aromatic N) is 3. The van der Waals surface area contributed by atoms with Gasteiger partial charge in [-0.1, -0.05) is 0 Å². The van der Waals surface area contributed by atoms with E-state index in [4.69, 9.17) is 0 Å². The van der Waals surface area contributed by atoms with Gasteiger partial charge in [-0.2, -0.15) is 0 Å². The summed E-state index contributed by atoms with van der Waals surface area (Å²) >= 11 is 0. The van der Waals surface area contributed by atoms with Gasteiger partial charge in [-0.15, -0.1) is 0 Å². The van der Waals surface area contributed by atoms with Gasteiger partial charge in [-0.05, 0) is 0 Å². The maximum absolute atomic E-state index is 4.06. The second-order valence-electron chi connectivity index (χ2n) is 2.03. The molecular formula is C7H6N4. The van der Waals surface area contributed by atoms with Crippen molar-refractivity contribution < 1.29 is 0 Å². The molecule has 0 saturated heterocycles. The van der Waals surface area contributed by atoms with Crippen molar-refractivity contribution in [3.05, 3.63) is 31.0 Å². The van der Waals surface area contributed by atoms with E-state index < -0.39 is 0 Å². The van der Waals surface area contributed by atoms with Crippen LogP contribution in [0.1, 0.15) is 0 Å². The number of nitrogens with one attached hydrogen (secondary N) is 1. The molecule has 0 aliphatic rings. The van der Waals surface area contributed by atoms with Crippen molar-refractivity contribution in [1.82, 2.24) is 19.9 Å². The van der Waals surface area contributed by atoms with Crippen LogP contribution in [0.25, 0.3) is 11.5 Å². The van der Waals surface area contributed by atoms with Gasteiger partial charge < -0.3 is 4.98 Å². The molecule has 0 bridgehead atoms. The third kappa shape index (κ3) is 1.10. The Morgan fingerprint density at radius 3 is 2.73 bits per heavy atom. The lowest BCUT2D eigenvalue weighted by molar-refractivity contribution is 1.16. The third-order valence-corrected chi connectivity index (χ3v) is 1.30. The molecule has 0 aromatic carbocycles. The van der Waals surface area contributed by atoms with Crippen molar-refractivity contribution in [2.24, 2.45) is 0 Å². The van der Waals surface area contributed by atoms with Crippen LogP contribution in [-0.4, -0.2) is 19.9 Å². The lowest BCUT2D eigenvalue weighted by atomic mass is 10.4. The molecule has 0 amide bonds. The van der Waals surface area contributed by atoms with E-state index in [2.05, 4.69) is 19.9 Å². The second kappa shape index (κ2) is 2.49. The smallest absolute Gasteiger partial charge is 0.157 e. The van der Waals surface area contributed by atoms with Crippen molar-refractivity contribution >= 4 is 0 Å². The molecule has 0 radical (unpaired) electrons. The van der Waals surface area contributed by atoms with Crippen LogP contribution in [-0.2, 0) is 0 Å². The van der Waals surface area contributed by atoms with Crippen molar-refractivity contribution in [1.29, 1.82) is 0 Å². The molecule has 0 aliphatic heterocycles. The summed E-state index contributed by atoms with van der Waals surface area (Å²) in [4.78, 5) is 15.0. The standard InChI is InChI=1S/C7H6N4/c1-2-9-6(5-8-1)7-10-3-4-11-7/h1-5H,(H,10,11). The van der Waals surface area contributed by atoms with Gasteiger partial charge in [-0.25, -0.2) is 9.97 Å². The molecular weight excluding hydrogens is 140 g/mol. The summed E-state index contributed by atoms with van der Waals surface area (Å²) in [5, 5.41) is 0. The van der Waals surface area contributed by atoms with Crippen LogP contribution in [0, 0.1) is 0 Å². The van der Waals surface area contributed by atoms with Gasteiger partial charge in [0.25, 0.3) is 0 Å². The van der Waals surface area contributed by atoms with E-state index in [-0.39, 0.29) is 0 Å². The van der Waals surface area contributed by atoms with Gasteiger partial charge in [0.15, 0.2) is 5.82 Å². The highest BCUT2D eigenvalue weighted by atomic mass is 14.9. The minimum atomic E-state index is 0.748. The van der Waals surface area contributed by atoms with Gasteiger partial charge in [0.05, 0.1) is 6.20 Å². The van der Waals surface area contributed by atoms with Crippen molar-refractivity contribution in [2.45, 2.75) is 0 Å². The number of aromatic amines is 1. The van der Waals surface area contributed by atoms with E-state index in [0.29, 0.717) is 0 Å². The minimum absolute atomic E-state index is 0.748. The Morgan fingerprint density at radius 2 is 2.09 bits per heavy atom. The number of H-pyrrole nitrogens is 1. The first kappa shape index (κ1) is 6.03. The second-order valence-corrected chi connectivity index (χ2v) is 2.03. The Labute approximate surface area is 63.4 Å². The molecule has 1 N–H and O–H groups in total. The monoisotopic (exact) mass is 146 g/mol. The first-order valence-corrected chi connectivity index (χ1v) is 3.22. The topological polar surface area (TPSA) is 54.5 Å². The molecule has 0 saturated carbocycles. The highest BCUT2D eigenvalue weighted by Crippen LogP contribution is 2.06. The molecule has 4 nitrogen and oxygen atoms in total. The fourth-order valence-electron chi connectivity index (χ4n) is 0.827. The molecule has 0 unspecified atom stereocenters. The van der Waals surface area contributed by atoms with E-state index in [1.54, 1.807) is 31.0 Å². The summed E-state index contributed by atoms with van der Waals surface area (Å²) in [5.74, 6) is 0.748. The number of hydrogen-bond acceptors (Lipinski definition) is 3. The normalized spacial score (nSPS) is 9.82. The molecule has 2 rings (SSSR count). The first-order chi connectivity index (χ1) is 5.47. The zero-order chi connectivity index (χ0) is 7.52. The Balaban J connectivity index is 2.46. The average molecular weight is 146 g/mol. The maximum atomic E-state index is 4.06. The van der Waals surface area contributed by atoms with E-state index in [9.17, 15) is 0 Å². The highest BCUT2D eigenvalue weighted by molar-refractivity contribution is 5.45. The molecule has 0 fully saturated rings. The van der Waals surface area contributed by atoms with Crippen molar-refractivity contribution in [3.63, 3.8) is 0 Å². The van der Waals surface area contributed by atoms with E-state index >= 15 is 0 Å². The average Bonchev–Trinajstić information content (AvgIpc) is 2.58. The molecule has 0 atom stereocenters. The van der Waals surface area contributed by atoms with Crippen LogP contribution < -0.4 is 0 Å². The lowest BCUT2D eigenvalue weighted by Gasteiger charge is -1.90. The SMILES string of the molecule is c1cnc(-c2ncc[nH]2)cn1. The molecule has 2 aromatic rings. The van der Waals surface area contributed by atoms with Crippen LogP contribution >= 0.6 is 0 Å². The van der Waals surface area contributed by atoms with E-state index in [1.807, 2.05) is 0 Å². The van der Waals surface area contributed by atoms with Crippen molar-refractivity contribution in [3.8, 4) is 11.5 Å². The fraction of sp³-hybridized carbons (Fsp3) is 0. The van der Waals surface area contributed by atoms with Crippen LogP contribution in [0.15, 0.2) is 31.0 Å². The lowest BCUT2D eigenvalue weighted by Crippen LogP contribution is -1.84. The molecule has 2 heterocycles. The van der Waals surface area contributed by atoms with Gasteiger partial charge in [0.1, 0.15) is 5.69 Å². The molecule has 0 aliphatic carbocycles. The van der Waals surface area contributed by atoms with Crippen LogP contribution in [0.5, 0.6) is 0 Å². The van der Waals surface area contributed by atoms with Gasteiger partial charge in [0.2, 0.25) is 0 Å². The number of hydrogen-bond donors (Lipinski definition) is 1. The van der Waals surface area contributed by atoms with Gasteiger partial charge >= 0.3 is 0 Å². The van der Waals surface area contributed by atoms with Gasteiger partial charge in [-0.3, -0.25) is 4.98 Å². The van der Waals surface area contributed by atoms with Crippen LogP contribution in [0.3, 0.4) is 0 Å². The van der Waals surface area contributed by atoms with Crippen LogP contribution in [0.4, 0.5) is 0 Å². The Kier molecular flexibility index (Phi) is 1.37. The maximum Gasteiger partial charge on any atom is 0.157 e. The molecule has 0 spiro atoms. The summed E-state index contributed by atoms with van der Waals surface area (Å²) in [5.41, 5.74) is 0.762. The van der Waals surface area contributed by atoms with E-state index in [1.165, 1.54) is 0 Å². The molecule has 2 aromatic heterocycles. The third-order valence-electron chi connectivity index (χ3n) is 1.30. The first-order valence-electron chi connectivity index (χ1n) is 3.22. The van der Waals surface area contributed by atoms with Crippen molar-refractivity contribution in [2.75, 3.05) is 0 Å². The number of imidazole rings is 1. The quantitative estimate of drug-likeness (QED) is 0.649. The molecule has 11 heavy (non-hydrogen) atoms. The highest BCUT2D eigenvalue weighted by Gasteiger charge is 1.97. The van der Waals surface area contributed by atoms with Gasteiger partial charge in [0, 0.05) is 24.8 Å². The molecule has 54 valence electrons. The Morgan fingerprint density at radius 1 is 1.09 bits per heavy atom. The summed E-state index contributed by atoms with van der Waals surface area (Å²) in [6, 6.07) is 0. The largest absolute Gasteiger partial charge is 0.343 e. The summed E-state index contributed by atoms with van der Waals surface area (Å²) in [6.45, 7) is 0. The zero-order valence-corrected chi connectivity index (χ0v) is 5.73. The fourth-order valence-corrected chi connectivity index (χ4v) is 0.827. The minimum Gasteiger partial charge on any atom is -0.343 e. The Hall–Kier alpha value is -1.71. The predicted molar refractivity (Wildman–Crippen MR) is 39.6 cm³/mol. The number of rotatable bonds is 1. The van der Waals surface area contributed by atoms with Crippen LogP contribution in [0.2, 0.25) is 0 Å². The number of aromatic nitrogens is 4.